The van der Waals surface area contributed by atoms with Gasteiger partial charge in [-0.25, -0.2) is 4.98 Å². The second kappa shape index (κ2) is 5.85. The van der Waals surface area contributed by atoms with Crippen molar-refractivity contribution in [1.82, 2.24) is 19.8 Å². The average molecular weight is 257 g/mol. The molecule has 17 heavy (non-hydrogen) atoms. The molecule has 1 aromatic heterocycles. The number of halogens is 1. The second-order valence-electron chi connectivity index (χ2n) is 4.65. The molecule has 1 aromatic rings. The number of hydrogen-bond acceptors (Lipinski definition) is 3. The van der Waals surface area contributed by atoms with Crippen LogP contribution in [0.15, 0.2) is 6.20 Å². The summed E-state index contributed by atoms with van der Waals surface area (Å²) >= 11 is 5.95. The molecule has 0 atom stereocenters. The van der Waals surface area contributed by atoms with Crippen molar-refractivity contribution in [3.05, 3.63) is 17.2 Å². The first-order valence-corrected chi connectivity index (χ1v) is 6.70. The summed E-state index contributed by atoms with van der Waals surface area (Å²) in [6.45, 7) is 6.61. The fourth-order valence-electron chi connectivity index (χ4n) is 2.28. The first-order chi connectivity index (χ1) is 8.20. The fraction of sp³-hybridized carbons (Fsp3) is 0.750. The van der Waals surface area contributed by atoms with Gasteiger partial charge in [-0.05, 0) is 32.5 Å². The molecule has 0 aliphatic carbocycles. The van der Waals surface area contributed by atoms with Crippen LogP contribution in [0.3, 0.4) is 0 Å². The van der Waals surface area contributed by atoms with Crippen molar-refractivity contribution in [3.63, 3.8) is 0 Å². The van der Waals surface area contributed by atoms with Crippen LogP contribution in [-0.4, -0.2) is 40.1 Å². The lowest BCUT2D eigenvalue weighted by molar-refractivity contribution is 0.205. The number of imidazole rings is 1. The summed E-state index contributed by atoms with van der Waals surface area (Å²) in [5.41, 5.74) is 0. The van der Waals surface area contributed by atoms with Crippen molar-refractivity contribution in [2.75, 3.05) is 19.6 Å². The van der Waals surface area contributed by atoms with Crippen LogP contribution in [-0.2, 0) is 13.6 Å². The van der Waals surface area contributed by atoms with Gasteiger partial charge in [0, 0.05) is 13.1 Å². The molecule has 0 spiro atoms. The highest BCUT2D eigenvalue weighted by molar-refractivity contribution is 6.29. The second-order valence-corrected chi connectivity index (χ2v) is 5.03. The van der Waals surface area contributed by atoms with Crippen LogP contribution in [0.4, 0.5) is 0 Å². The van der Waals surface area contributed by atoms with E-state index >= 15 is 0 Å². The number of rotatable bonds is 4. The zero-order valence-corrected chi connectivity index (χ0v) is 11.4. The molecule has 1 aliphatic rings. The van der Waals surface area contributed by atoms with E-state index in [4.69, 9.17) is 11.6 Å². The first-order valence-electron chi connectivity index (χ1n) is 6.32. The van der Waals surface area contributed by atoms with E-state index in [-0.39, 0.29) is 0 Å². The Morgan fingerprint density at radius 2 is 2.18 bits per heavy atom. The Hall–Kier alpha value is -0.580. The number of hydrogen-bond donors (Lipinski definition) is 1. The van der Waals surface area contributed by atoms with E-state index in [1.807, 2.05) is 11.6 Å². The van der Waals surface area contributed by atoms with E-state index < -0.39 is 0 Å². The molecule has 0 bridgehead atoms. The summed E-state index contributed by atoms with van der Waals surface area (Å²) in [7, 11) is 1.95. The van der Waals surface area contributed by atoms with Crippen LogP contribution >= 0.6 is 11.6 Å². The van der Waals surface area contributed by atoms with Crippen molar-refractivity contribution < 1.29 is 0 Å². The normalized spacial score (nSPS) is 18.8. The maximum atomic E-state index is 5.95. The molecular formula is C12H21ClN4. The van der Waals surface area contributed by atoms with Crippen LogP contribution in [0.25, 0.3) is 0 Å². The van der Waals surface area contributed by atoms with Crippen molar-refractivity contribution in [2.24, 2.45) is 7.05 Å². The molecule has 96 valence electrons. The van der Waals surface area contributed by atoms with E-state index in [9.17, 15) is 0 Å². The fourth-order valence-corrected chi connectivity index (χ4v) is 2.42. The van der Waals surface area contributed by atoms with Crippen molar-refractivity contribution in [1.29, 1.82) is 0 Å². The van der Waals surface area contributed by atoms with Gasteiger partial charge in [0.05, 0.1) is 12.7 Å². The van der Waals surface area contributed by atoms with Crippen molar-refractivity contribution >= 4 is 11.6 Å². The highest BCUT2D eigenvalue weighted by atomic mass is 35.5. The predicted octanol–water partition coefficient (Wildman–Crippen LogP) is 1.65. The van der Waals surface area contributed by atoms with E-state index in [1.54, 1.807) is 6.20 Å². The summed E-state index contributed by atoms with van der Waals surface area (Å²) < 4.78 is 1.93. The third-order valence-corrected chi connectivity index (χ3v) is 3.96. The molecule has 4 nitrogen and oxygen atoms in total. The Bertz CT molecular complexity index is 355. The molecule has 2 heterocycles. The number of nitrogens with zero attached hydrogens (tertiary/aromatic N) is 3. The SMILES string of the molecule is CCN1CCC(NCc2ncc(Cl)n2C)CC1. The quantitative estimate of drug-likeness (QED) is 0.889. The zero-order chi connectivity index (χ0) is 12.3. The average Bonchev–Trinajstić information content (AvgIpc) is 2.68. The van der Waals surface area contributed by atoms with E-state index in [0.717, 1.165) is 12.4 Å². The van der Waals surface area contributed by atoms with Gasteiger partial charge in [-0.1, -0.05) is 18.5 Å². The lowest BCUT2D eigenvalue weighted by Gasteiger charge is -2.31. The summed E-state index contributed by atoms with van der Waals surface area (Å²) in [6.07, 6.45) is 4.16. The summed E-state index contributed by atoms with van der Waals surface area (Å²) in [5.74, 6) is 1.01. The number of nitrogens with one attached hydrogen (secondary N) is 1. The Morgan fingerprint density at radius 3 is 2.71 bits per heavy atom. The Labute approximate surface area is 108 Å². The molecule has 0 saturated carbocycles. The molecular weight excluding hydrogens is 236 g/mol. The van der Waals surface area contributed by atoms with E-state index in [0.29, 0.717) is 11.2 Å². The smallest absolute Gasteiger partial charge is 0.128 e. The maximum Gasteiger partial charge on any atom is 0.128 e. The highest BCUT2D eigenvalue weighted by Gasteiger charge is 2.17. The van der Waals surface area contributed by atoms with Gasteiger partial charge in [-0.15, -0.1) is 0 Å². The van der Waals surface area contributed by atoms with E-state index in [1.165, 1.54) is 32.5 Å². The van der Waals surface area contributed by atoms with Gasteiger partial charge in [-0.3, -0.25) is 0 Å². The molecule has 2 rings (SSSR count). The molecule has 1 N–H and O–H groups in total. The van der Waals surface area contributed by atoms with Gasteiger partial charge >= 0.3 is 0 Å². The lowest BCUT2D eigenvalue weighted by atomic mass is 10.1. The van der Waals surface area contributed by atoms with Gasteiger partial charge < -0.3 is 14.8 Å². The molecule has 1 saturated heterocycles. The molecule has 0 amide bonds. The largest absolute Gasteiger partial charge is 0.321 e. The first kappa shape index (κ1) is 12.9. The summed E-state index contributed by atoms with van der Waals surface area (Å²) in [5, 5.41) is 4.26. The minimum atomic E-state index is 0.619. The number of aromatic nitrogens is 2. The van der Waals surface area contributed by atoms with Crippen LogP contribution in [0, 0.1) is 0 Å². The molecule has 0 unspecified atom stereocenters. The van der Waals surface area contributed by atoms with Gasteiger partial charge in [0.15, 0.2) is 0 Å². The van der Waals surface area contributed by atoms with Gasteiger partial charge in [0.25, 0.3) is 0 Å². The van der Waals surface area contributed by atoms with Gasteiger partial charge in [0.2, 0.25) is 0 Å². The summed E-state index contributed by atoms with van der Waals surface area (Å²) in [6, 6.07) is 0.619. The van der Waals surface area contributed by atoms with Gasteiger partial charge in [0.1, 0.15) is 11.0 Å². The Kier molecular flexibility index (Phi) is 4.42. The maximum absolute atomic E-state index is 5.95. The molecule has 0 aromatic carbocycles. The molecule has 1 fully saturated rings. The highest BCUT2D eigenvalue weighted by Crippen LogP contribution is 2.12. The monoisotopic (exact) mass is 256 g/mol. The predicted molar refractivity (Wildman–Crippen MR) is 70.2 cm³/mol. The van der Waals surface area contributed by atoms with Gasteiger partial charge in [-0.2, -0.15) is 0 Å². The van der Waals surface area contributed by atoms with Crippen LogP contribution in [0.2, 0.25) is 5.15 Å². The minimum absolute atomic E-state index is 0.619. The van der Waals surface area contributed by atoms with Crippen LogP contribution in [0.5, 0.6) is 0 Å². The van der Waals surface area contributed by atoms with Crippen LogP contribution < -0.4 is 5.32 Å². The van der Waals surface area contributed by atoms with E-state index in [2.05, 4.69) is 22.1 Å². The Morgan fingerprint density at radius 1 is 1.47 bits per heavy atom. The zero-order valence-electron chi connectivity index (χ0n) is 10.6. The summed E-state index contributed by atoms with van der Waals surface area (Å²) in [4.78, 5) is 6.78. The van der Waals surface area contributed by atoms with Crippen molar-refractivity contribution in [2.45, 2.75) is 32.4 Å². The molecule has 5 heteroatoms. The van der Waals surface area contributed by atoms with Crippen molar-refractivity contribution in [3.8, 4) is 0 Å². The lowest BCUT2D eigenvalue weighted by Crippen LogP contribution is -2.42. The minimum Gasteiger partial charge on any atom is -0.321 e. The standard InChI is InChI=1S/C12H21ClN4/c1-3-17-6-4-10(5-7-17)14-9-12-15-8-11(13)16(12)2/h8,10,14H,3-7,9H2,1-2H3. The molecule has 1 aliphatic heterocycles. The third kappa shape index (κ3) is 3.21. The number of piperidine rings is 1. The van der Waals surface area contributed by atoms with Crippen LogP contribution in [0.1, 0.15) is 25.6 Å². The molecule has 0 radical (unpaired) electrons. The Balaban J connectivity index is 1.78. The topological polar surface area (TPSA) is 33.1 Å². The number of likely N-dealkylation sites (tertiary alicyclic amines) is 1. The third-order valence-electron chi connectivity index (χ3n) is 3.61.